The maximum atomic E-state index is 13.0. The summed E-state index contributed by atoms with van der Waals surface area (Å²) in [5, 5.41) is 7.51. The minimum Gasteiger partial charge on any atom is -0.496 e. The number of hydrazone groups is 1. The number of carbonyl (C=O) groups excluding carboxylic acids is 3. The van der Waals surface area contributed by atoms with Crippen LogP contribution in [0, 0.1) is 5.92 Å². The Morgan fingerprint density at radius 1 is 1.20 bits per heavy atom. The van der Waals surface area contributed by atoms with Crippen LogP contribution in [0.4, 0.5) is 0 Å². The number of nitrogens with one attached hydrogen (secondary N) is 2. The van der Waals surface area contributed by atoms with Gasteiger partial charge in [0.1, 0.15) is 11.8 Å². The van der Waals surface area contributed by atoms with Crippen LogP contribution in [0.5, 0.6) is 5.75 Å². The van der Waals surface area contributed by atoms with E-state index in [1.807, 2.05) is 11.9 Å². The Morgan fingerprint density at radius 3 is 2.60 bits per heavy atom. The molecule has 1 saturated carbocycles. The van der Waals surface area contributed by atoms with Crippen molar-refractivity contribution < 1.29 is 19.1 Å². The highest BCUT2D eigenvalue weighted by Crippen LogP contribution is 2.28. The molecule has 3 rings (SSSR count). The minimum absolute atomic E-state index is 0.143. The van der Waals surface area contributed by atoms with Gasteiger partial charge in [-0.05, 0) is 18.9 Å². The smallest absolute Gasteiger partial charge is 0.310 e. The Hall–Kier alpha value is -2.55. The molecule has 162 valence electrons. The molecule has 1 aromatic carbocycles. The second-order valence-electron chi connectivity index (χ2n) is 7.49. The summed E-state index contributed by atoms with van der Waals surface area (Å²) in [5.74, 6) is -0.688. The van der Waals surface area contributed by atoms with E-state index >= 15 is 0 Å². The van der Waals surface area contributed by atoms with Crippen LogP contribution in [0.25, 0.3) is 0 Å². The Morgan fingerprint density at radius 2 is 1.93 bits per heavy atom. The molecule has 1 atom stereocenters. The van der Waals surface area contributed by atoms with Crippen molar-refractivity contribution in [3.63, 3.8) is 0 Å². The SMILES string of the molecule is COc1ccccc1C(NC(=O)C1CCCCC1)C(=O)C(=O)N/N=C1\SCCN1C. The van der Waals surface area contributed by atoms with E-state index in [9.17, 15) is 14.4 Å². The van der Waals surface area contributed by atoms with Crippen LogP contribution in [0.1, 0.15) is 43.7 Å². The van der Waals surface area contributed by atoms with Crippen LogP contribution in [0.15, 0.2) is 29.4 Å². The Labute approximate surface area is 180 Å². The van der Waals surface area contributed by atoms with Crippen molar-refractivity contribution in [3.8, 4) is 5.75 Å². The molecule has 8 nitrogen and oxygen atoms in total. The summed E-state index contributed by atoms with van der Waals surface area (Å²) in [7, 11) is 3.36. The molecule has 1 saturated heterocycles. The van der Waals surface area contributed by atoms with Gasteiger partial charge in [-0.3, -0.25) is 14.4 Å². The third kappa shape index (κ3) is 5.33. The molecule has 30 heavy (non-hydrogen) atoms. The van der Waals surface area contributed by atoms with Crippen molar-refractivity contribution >= 4 is 34.5 Å². The van der Waals surface area contributed by atoms with Gasteiger partial charge >= 0.3 is 5.91 Å². The number of benzene rings is 1. The van der Waals surface area contributed by atoms with E-state index in [-0.39, 0.29) is 11.8 Å². The van der Waals surface area contributed by atoms with Gasteiger partial charge in [0, 0.05) is 30.8 Å². The molecule has 9 heteroatoms. The fraction of sp³-hybridized carbons (Fsp3) is 0.524. The van der Waals surface area contributed by atoms with Crippen LogP contribution >= 0.6 is 11.8 Å². The van der Waals surface area contributed by atoms with Crippen LogP contribution in [0.2, 0.25) is 0 Å². The maximum Gasteiger partial charge on any atom is 0.310 e. The number of methoxy groups -OCH3 is 1. The van der Waals surface area contributed by atoms with Gasteiger partial charge in [-0.1, -0.05) is 49.2 Å². The summed E-state index contributed by atoms with van der Waals surface area (Å²) in [4.78, 5) is 40.4. The van der Waals surface area contributed by atoms with Gasteiger partial charge in [-0.2, -0.15) is 0 Å². The first-order valence-corrected chi connectivity index (χ1v) is 11.2. The standard InChI is InChI=1S/C21H28N4O4S/c1-25-12-13-30-21(25)24-23-20(28)18(26)17(15-10-6-7-11-16(15)29-2)22-19(27)14-8-4-3-5-9-14/h6-7,10-11,14,17H,3-5,8-9,12-13H2,1-2H3,(H,22,27)(H,23,28)/b24-21-. The van der Waals surface area contributed by atoms with Crippen LogP contribution in [0.3, 0.4) is 0 Å². The molecule has 2 amide bonds. The lowest BCUT2D eigenvalue weighted by Gasteiger charge is -2.25. The second kappa shape index (κ2) is 10.5. The monoisotopic (exact) mass is 432 g/mol. The first-order valence-electron chi connectivity index (χ1n) is 10.2. The van der Waals surface area contributed by atoms with Gasteiger partial charge in [-0.15, -0.1) is 5.10 Å². The van der Waals surface area contributed by atoms with Crippen molar-refractivity contribution in [1.29, 1.82) is 0 Å². The number of thioether (sulfide) groups is 1. The molecule has 1 aromatic rings. The number of carbonyl (C=O) groups is 3. The van der Waals surface area contributed by atoms with Crippen molar-refractivity contribution in [2.24, 2.45) is 11.0 Å². The molecule has 0 aromatic heterocycles. The zero-order chi connectivity index (χ0) is 21.5. The lowest BCUT2D eigenvalue weighted by atomic mass is 9.88. The number of ether oxygens (including phenoxy) is 1. The van der Waals surface area contributed by atoms with E-state index in [1.54, 1.807) is 24.3 Å². The van der Waals surface area contributed by atoms with Crippen molar-refractivity contribution in [2.75, 3.05) is 26.5 Å². The normalized spacial score (nSPS) is 19.4. The summed E-state index contributed by atoms with van der Waals surface area (Å²) in [6, 6.07) is 5.76. The average molecular weight is 433 g/mol. The predicted molar refractivity (Wildman–Crippen MR) is 116 cm³/mol. The Kier molecular flexibility index (Phi) is 7.73. The highest BCUT2D eigenvalue weighted by molar-refractivity contribution is 8.14. The van der Waals surface area contributed by atoms with Crippen LogP contribution in [-0.4, -0.2) is 54.1 Å². The second-order valence-corrected chi connectivity index (χ2v) is 8.55. The largest absolute Gasteiger partial charge is 0.496 e. The number of Topliss-reactive ketones (excluding diaryl/α,β-unsaturated/α-hetero) is 1. The first-order chi connectivity index (χ1) is 14.5. The molecule has 2 fully saturated rings. The Balaban J connectivity index is 1.79. The molecule has 1 heterocycles. The van der Waals surface area contributed by atoms with Crippen LogP contribution < -0.4 is 15.5 Å². The number of rotatable bonds is 7. The topological polar surface area (TPSA) is 100 Å². The van der Waals surface area contributed by atoms with Gasteiger partial charge in [-0.25, -0.2) is 5.43 Å². The molecule has 0 spiro atoms. The number of hydrogen-bond donors (Lipinski definition) is 2. The van der Waals surface area contributed by atoms with E-state index in [0.717, 1.165) is 44.4 Å². The summed E-state index contributed by atoms with van der Waals surface area (Å²) in [6.07, 6.45) is 4.70. The maximum absolute atomic E-state index is 13.0. The summed E-state index contributed by atoms with van der Waals surface area (Å²) in [5.41, 5.74) is 2.79. The summed E-state index contributed by atoms with van der Waals surface area (Å²) < 4.78 is 5.37. The van der Waals surface area contributed by atoms with E-state index in [2.05, 4.69) is 15.8 Å². The highest BCUT2D eigenvalue weighted by Gasteiger charge is 2.33. The lowest BCUT2D eigenvalue weighted by molar-refractivity contribution is -0.140. The lowest BCUT2D eigenvalue weighted by Crippen LogP contribution is -2.43. The van der Waals surface area contributed by atoms with Crippen molar-refractivity contribution in [3.05, 3.63) is 29.8 Å². The fourth-order valence-corrected chi connectivity index (χ4v) is 4.67. The zero-order valence-corrected chi connectivity index (χ0v) is 18.2. The van der Waals surface area contributed by atoms with E-state index in [0.29, 0.717) is 16.5 Å². The average Bonchev–Trinajstić information content (AvgIpc) is 3.20. The molecule has 0 bridgehead atoms. The number of ketones is 1. The molecule has 1 unspecified atom stereocenters. The van der Waals surface area contributed by atoms with E-state index in [1.165, 1.54) is 18.9 Å². The molecular weight excluding hydrogens is 404 g/mol. The van der Waals surface area contributed by atoms with Gasteiger partial charge in [0.15, 0.2) is 5.17 Å². The molecule has 2 aliphatic rings. The number of hydrogen-bond acceptors (Lipinski definition) is 6. The fourth-order valence-electron chi connectivity index (χ4n) is 3.70. The molecule has 1 aliphatic carbocycles. The van der Waals surface area contributed by atoms with Gasteiger partial charge in [0.2, 0.25) is 11.7 Å². The first kappa shape index (κ1) is 22.1. The summed E-state index contributed by atoms with van der Waals surface area (Å²) in [6.45, 7) is 0.828. The predicted octanol–water partition coefficient (Wildman–Crippen LogP) is 2.07. The van der Waals surface area contributed by atoms with Crippen molar-refractivity contribution in [2.45, 2.75) is 38.1 Å². The van der Waals surface area contributed by atoms with Gasteiger partial charge in [0.25, 0.3) is 0 Å². The summed E-state index contributed by atoms with van der Waals surface area (Å²) >= 11 is 1.50. The molecular formula is C21H28N4O4S. The zero-order valence-electron chi connectivity index (χ0n) is 17.3. The van der Waals surface area contributed by atoms with E-state index in [4.69, 9.17) is 4.74 Å². The van der Waals surface area contributed by atoms with Crippen molar-refractivity contribution in [1.82, 2.24) is 15.6 Å². The Bertz CT molecular complexity index is 823. The number of amides is 2. The molecule has 0 radical (unpaired) electrons. The van der Waals surface area contributed by atoms with E-state index < -0.39 is 17.7 Å². The highest BCUT2D eigenvalue weighted by atomic mass is 32.2. The number of para-hydroxylation sites is 1. The third-order valence-electron chi connectivity index (χ3n) is 5.44. The molecule has 1 aliphatic heterocycles. The van der Waals surface area contributed by atoms with Gasteiger partial charge < -0.3 is 15.0 Å². The minimum atomic E-state index is -1.13. The molecule has 2 N–H and O–H groups in total. The third-order valence-corrected chi connectivity index (χ3v) is 6.48. The van der Waals surface area contributed by atoms with Gasteiger partial charge in [0.05, 0.1) is 7.11 Å². The van der Waals surface area contributed by atoms with Crippen LogP contribution in [-0.2, 0) is 14.4 Å². The quantitative estimate of drug-likeness (QED) is 0.505. The number of amidine groups is 1. The number of nitrogens with zero attached hydrogens (tertiary/aromatic N) is 2.